The third kappa shape index (κ3) is 5.13. The van der Waals surface area contributed by atoms with Gasteiger partial charge in [0.25, 0.3) is 0 Å². The van der Waals surface area contributed by atoms with Crippen LogP contribution in [-0.2, 0) is 6.42 Å². The lowest BCUT2D eigenvalue weighted by Gasteiger charge is -2.16. The first-order valence-corrected chi connectivity index (χ1v) is 6.78. The van der Waals surface area contributed by atoms with E-state index in [1.807, 2.05) is 7.05 Å². The number of hydrogen-bond donors (Lipinski definition) is 1. The van der Waals surface area contributed by atoms with E-state index in [9.17, 15) is 8.78 Å². The highest BCUT2D eigenvalue weighted by Crippen LogP contribution is 2.14. The SMILES string of the molecule is CCCCCCC(Cc1ccc(F)cc1F)NC. The highest BCUT2D eigenvalue weighted by atomic mass is 19.1. The molecule has 1 unspecified atom stereocenters. The number of hydrogen-bond acceptors (Lipinski definition) is 1. The highest BCUT2D eigenvalue weighted by Gasteiger charge is 2.11. The van der Waals surface area contributed by atoms with Crippen LogP contribution in [0.25, 0.3) is 0 Å². The fourth-order valence-electron chi connectivity index (χ4n) is 2.12. The fourth-order valence-corrected chi connectivity index (χ4v) is 2.12. The van der Waals surface area contributed by atoms with Crippen LogP contribution in [0.2, 0.25) is 0 Å². The van der Waals surface area contributed by atoms with Gasteiger partial charge in [0.1, 0.15) is 11.6 Å². The molecule has 18 heavy (non-hydrogen) atoms. The molecule has 0 spiro atoms. The highest BCUT2D eigenvalue weighted by molar-refractivity contribution is 5.19. The average molecular weight is 255 g/mol. The molecule has 1 nitrogen and oxygen atoms in total. The maximum Gasteiger partial charge on any atom is 0.129 e. The normalized spacial score (nSPS) is 12.7. The van der Waals surface area contributed by atoms with Gasteiger partial charge in [0.05, 0.1) is 0 Å². The van der Waals surface area contributed by atoms with Crippen LogP contribution in [0.1, 0.15) is 44.6 Å². The molecule has 0 aliphatic rings. The van der Waals surface area contributed by atoms with E-state index in [4.69, 9.17) is 0 Å². The second kappa shape index (κ2) is 8.20. The number of benzene rings is 1. The monoisotopic (exact) mass is 255 g/mol. The number of rotatable bonds is 8. The van der Waals surface area contributed by atoms with Gasteiger partial charge in [-0.3, -0.25) is 0 Å². The van der Waals surface area contributed by atoms with Crippen molar-refractivity contribution in [1.82, 2.24) is 5.32 Å². The second-order valence-electron chi connectivity index (χ2n) is 4.77. The number of nitrogens with one attached hydrogen (secondary N) is 1. The lowest BCUT2D eigenvalue weighted by molar-refractivity contribution is 0.473. The summed E-state index contributed by atoms with van der Waals surface area (Å²) in [5.74, 6) is -0.955. The Morgan fingerprint density at radius 3 is 2.56 bits per heavy atom. The quantitative estimate of drug-likeness (QED) is 0.691. The van der Waals surface area contributed by atoms with E-state index in [0.29, 0.717) is 12.0 Å². The first-order valence-electron chi connectivity index (χ1n) is 6.78. The molecule has 1 aromatic carbocycles. The summed E-state index contributed by atoms with van der Waals surface area (Å²) in [4.78, 5) is 0. The van der Waals surface area contributed by atoms with Crippen molar-refractivity contribution in [2.75, 3.05) is 7.05 Å². The van der Waals surface area contributed by atoms with Crippen molar-refractivity contribution in [3.8, 4) is 0 Å². The standard InChI is InChI=1S/C15H23F2N/c1-3-4-5-6-7-14(18-2)10-12-8-9-13(16)11-15(12)17/h8-9,11,14,18H,3-7,10H2,1-2H3. The predicted octanol–water partition coefficient (Wildman–Crippen LogP) is 4.07. The molecule has 0 aromatic heterocycles. The molecule has 0 aliphatic heterocycles. The summed E-state index contributed by atoms with van der Waals surface area (Å²) in [6.45, 7) is 2.18. The molecule has 3 heteroatoms. The van der Waals surface area contributed by atoms with Crippen LogP contribution in [0.4, 0.5) is 8.78 Å². The topological polar surface area (TPSA) is 12.0 Å². The van der Waals surface area contributed by atoms with Crippen molar-refractivity contribution in [3.63, 3.8) is 0 Å². The van der Waals surface area contributed by atoms with Gasteiger partial charge >= 0.3 is 0 Å². The summed E-state index contributed by atoms with van der Waals surface area (Å²) in [5.41, 5.74) is 0.589. The van der Waals surface area contributed by atoms with E-state index < -0.39 is 11.6 Å². The minimum absolute atomic E-state index is 0.266. The van der Waals surface area contributed by atoms with Crippen LogP contribution < -0.4 is 5.32 Å². The molecule has 0 saturated carbocycles. The Bertz CT molecular complexity index is 352. The Hall–Kier alpha value is -0.960. The summed E-state index contributed by atoms with van der Waals surface area (Å²) in [6, 6.07) is 4.09. The fraction of sp³-hybridized carbons (Fsp3) is 0.600. The van der Waals surface area contributed by atoms with E-state index in [1.54, 1.807) is 6.07 Å². The first-order chi connectivity index (χ1) is 8.67. The molecule has 0 bridgehead atoms. The first kappa shape index (κ1) is 15.1. The predicted molar refractivity (Wildman–Crippen MR) is 71.7 cm³/mol. The van der Waals surface area contributed by atoms with Crippen LogP contribution >= 0.6 is 0 Å². The van der Waals surface area contributed by atoms with Gasteiger partial charge in [-0.05, 0) is 31.5 Å². The average Bonchev–Trinajstić information content (AvgIpc) is 2.35. The Morgan fingerprint density at radius 2 is 1.94 bits per heavy atom. The van der Waals surface area contributed by atoms with Crippen molar-refractivity contribution in [2.24, 2.45) is 0 Å². The zero-order valence-corrected chi connectivity index (χ0v) is 11.3. The zero-order chi connectivity index (χ0) is 13.4. The molecule has 1 aromatic rings. The third-order valence-corrected chi connectivity index (χ3v) is 3.30. The molecule has 1 rings (SSSR count). The Kier molecular flexibility index (Phi) is 6.88. The molecule has 102 valence electrons. The number of likely N-dealkylation sites (N-methyl/N-ethyl adjacent to an activating group) is 1. The van der Waals surface area contributed by atoms with Crippen LogP contribution in [0.15, 0.2) is 18.2 Å². The molecule has 0 saturated heterocycles. The van der Waals surface area contributed by atoms with Gasteiger partial charge in [-0.2, -0.15) is 0 Å². The van der Waals surface area contributed by atoms with Gasteiger partial charge in [-0.15, -0.1) is 0 Å². The zero-order valence-electron chi connectivity index (χ0n) is 11.3. The smallest absolute Gasteiger partial charge is 0.129 e. The Labute approximate surface area is 109 Å². The van der Waals surface area contributed by atoms with E-state index in [0.717, 1.165) is 18.9 Å². The molecule has 0 amide bonds. The minimum atomic E-state index is -0.514. The van der Waals surface area contributed by atoms with Crippen molar-refractivity contribution in [2.45, 2.75) is 51.5 Å². The largest absolute Gasteiger partial charge is 0.317 e. The van der Waals surface area contributed by atoms with Gasteiger partial charge in [0, 0.05) is 12.1 Å². The molecule has 1 atom stereocenters. The molecule has 0 radical (unpaired) electrons. The summed E-state index contributed by atoms with van der Waals surface area (Å²) in [7, 11) is 1.89. The molecule has 0 fully saturated rings. The van der Waals surface area contributed by atoms with E-state index in [-0.39, 0.29) is 6.04 Å². The molecular weight excluding hydrogens is 232 g/mol. The maximum atomic E-state index is 13.5. The summed E-state index contributed by atoms with van der Waals surface area (Å²) in [5, 5.41) is 3.21. The molecule has 1 N–H and O–H groups in total. The molecular formula is C15H23F2N. The molecule has 0 heterocycles. The minimum Gasteiger partial charge on any atom is -0.317 e. The van der Waals surface area contributed by atoms with Crippen LogP contribution in [0, 0.1) is 11.6 Å². The lowest BCUT2D eigenvalue weighted by Crippen LogP contribution is -2.27. The van der Waals surface area contributed by atoms with Gasteiger partial charge < -0.3 is 5.32 Å². The van der Waals surface area contributed by atoms with Gasteiger partial charge in [0.15, 0.2) is 0 Å². The van der Waals surface area contributed by atoms with Crippen LogP contribution in [0.3, 0.4) is 0 Å². The summed E-state index contributed by atoms with van der Waals surface area (Å²) < 4.78 is 26.3. The van der Waals surface area contributed by atoms with Crippen LogP contribution in [0.5, 0.6) is 0 Å². The Balaban J connectivity index is 2.46. The van der Waals surface area contributed by atoms with Gasteiger partial charge in [-0.25, -0.2) is 8.78 Å². The van der Waals surface area contributed by atoms with Gasteiger partial charge in [-0.1, -0.05) is 38.7 Å². The second-order valence-corrected chi connectivity index (χ2v) is 4.77. The van der Waals surface area contributed by atoms with Crippen molar-refractivity contribution < 1.29 is 8.78 Å². The van der Waals surface area contributed by atoms with E-state index >= 15 is 0 Å². The van der Waals surface area contributed by atoms with Crippen molar-refractivity contribution in [1.29, 1.82) is 0 Å². The van der Waals surface area contributed by atoms with Gasteiger partial charge in [0.2, 0.25) is 0 Å². The summed E-state index contributed by atoms with van der Waals surface area (Å²) in [6.07, 6.45) is 6.50. The number of halogens is 2. The van der Waals surface area contributed by atoms with Crippen LogP contribution in [-0.4, -0.2) is 13.1 Å². The van der Waals surface area contributed by atoms with Crippen molar-refractivity contribution in [3.05, 3.63) is 35.4 Å². The lowest BCUT2D eigenvalue weighted by atomic mass is 10.00. The molecule has 0 aliphatic carbocycles. The third-order valence-electron chi connectivity index (χ3n) is 3.30. The maximum absolute atomic E-state index is 13.5. The van der Waals surface area contributed by atoms with E-state index in [2.05, 4.69) is 12.2 Å². The van der Waals surface area contributed by atoms with E-state index in [1.165, 1.54) is 25.3 Å². The van der Waals surface area contributed by atoms with Crippen molar-refractivity contribution >= 4 is 0 Å². The Morgan fingerprint density at radius 1 is 1.17 bits per heavy atom. The number of unbranched alkanes of at least 4 members (excludes halogenated alkanes) is 3. The summed E-state index contributed by atoms with van der Waals surface area (Å²) >= 11 is 0.